The van der Waals surface area contributed by atoms with Crippen LogP contribution in [0.4, 0.5) is 0 Å². The molecule has 3 N–H and O–H groups in total. The molecule has 1 heterocycles. The van der Waals surface area contributed by atoms with Gasteiger partial charge in [-0.3, -0.25) is 0 Å². The molecule has 0 saturated carbocycles. The van der Waals surface area contributed by atoms with E-state index in [0.29, 0.717) is 6.42 Å². The Morgan fingerprint density at radius 3 is 2.62 bits per heavy atom. The molecule has 1 fully saturated rings. The summed E-state index contributed by atoms with van der Waals surface area (Å²) in [5.74, 6) is 0. The van der Waals surface area contributed by atoms with Crippen molar-refractivity contribution in [1.29, 1.82) is 0 Å². The first-order valence-electron chi connectivity index (χ1n) is 4.30. The van der Waals surface area contributed by atoms with E-state index < -0.39 is 6.29 Å². The van der Waals surface area contributed by atoms with Gasteiger partial charge in [-0.2, -0.15) is 0 Å². The highest BCUT2D eigenvalue weighted by molar-refractivity contribution is 4.83. The minimum atomic E-state index is -0.441. The lowest BCUT2D eigenvalue weighted by atomic mass is 10.0. The number of aliphatic hydroxyl groups is 1. The Hall–Kier alpha value is -0.200. The SMILES string of the molecule is COC1CC(N)C(OC)OC1CO. The number of rotatable bonds is 3. The van der Waals surface area contributed by atoms with Gasteiger partial charge in [-0.25, -0.2) is 0 Å². The summed E-state index contributed by atoms with van der Waals surface area (Å²) in [5.41, 5.74) is 5.76. The summed E-state index contributed by atoms with van der Waals surface area (Å²) < 4.78 is 15.5. The van der Waals surface area contributed by atoms with Gasteiger partial charge in [-0.05, 0) is 6.42 Å². The van der Waals surface area contributed by atoms with Crippen LogP contribution in [0.2, 0.25) is 0 Å². The molecule has 1 rings (SSSR count). The number of hydrogen-bond acceptors (Lipinski definition) is 5. The highest BCUT2D eigenvalue weighted by Crippen LogP contribution is 2.21. The van der Waals surface area contributed by atoms with Crippen LogP contribution in [-0.4, -0.2) is 50.5 Å². The third-order valence-corrected chi connectivity index (χ3v) is 2.29. The number of methoxy groups -OCH3 is 2. The Balaban J connectivity index is 2.54. The lowest BCUT2D eigenvalue weighted by Gasteiger charge is -2.37. The highest BCUT2D eigenvalue weighted by atomic mass is 16.7. The van der Waals surface area contributed by atoms with Crippen LogP contribution >= 0.6 is 0 Å². The van der Waals surface area contributed by atoms with E-state index in [1.54, 1.807) is 7.11 Å². The molecule has 5 heteroatoms. The molecule has 13 heavy (non-hydrogen) atoms. The summed E-state index contributed by atoms with van der Waals surface area (Å²) in [7, 11) is 3.11. The number of ether oxygens (including phenoxy) is 3. The smallest absolute Gasteiger partial charge is 0.172 e. The Morgan fingerprint density at radius 1 is 1.46 bits per heavy atom. The number of hydrogen-bond donors (Lipinski definition) is 2. The average molecular weight is 191 g/mol. The van der Waals surface area contributed by atoms with Gasteiger partial charge in [0.2, 0.25) is 0 Å². The van der Waals surface area contributed by atoms with E-state index in [-0.39, 0.29) is 24.9 Å². The second kappa shape index (κ2) is 4.88. The maximum atomic E-state index is 8.99. The van der Waals surface area contributed by atoms with Crippen molar-refractivity contribution in [1.82, 2.24) is 0 Å². The summed E-state index contributed by atoms with van der Waals surface area (Å²) in [6.45, 7) is -0.0783. The van der Waals surface area contributed by atoms with Crippen LogP contribution in [0.15, 0.2) is 0 Å². The zero-order valence-electron chi connectivity index (χ0n) is 7.97. The quantitative estimate of drug-likeness (QED) is 0.603. The molecule has 0 spiro atoms. The number of nitrogens with two attached hydrogens (primary N) is 1. The zero-order valence-corrected chi connectivity index (χ0v) is 7.97. The standard InChI is InChI=1S/C8H17NO4/c1-11-6-3-5(9)8(12-2)13-7(6)4-10/h5-8,10H,3-4,9H2,1-2H3. The van der Waals surface area contributed by atoms with Crippen molar-refractivity contribution in [3.8, 4) is 0 Å². The van der Waals surface area contributed by atoms with Crippen molar-refractivity contribution in [3.05, 3.63) is 0 Å². The molecular weight excluding hydrogens is 174 g/mol. The molecule has 0 aromatic carbocycles. The Labute approximate surface area is 77.8 Å². The van der Waals surface area contributed by atoms with E-state index in [1.165, 1.54) is 7.11 Å². The van der Waals surface area contributed by atoms with Gasteiger partial charge in [0.15, 0.2) is 6.29 Å². The fourth-order valence-corrected chi connectivity index (χ4v) is 1.53. The van der Waals surface area contributed by atoms with Gasteiger partial charge in [-0.15, -0.1) is 0 Å². The van der Waals surface area contributed by atoms with Gasteiger partial charge >= 0.3 is 0 Å². The number of aliphatic hydroxyl groups excluding tert-OH is 1. The van der Waals surface area contributed by atoms with E-state index >= 15 is 0 Å². The fraction of sp³-hybridized carbons (Fsp3) is 1.00. The molecule has 78 valence electrons. The first-order valence-corrected chi connectivity index (χ1v) is 4.30. The predicted molar refractivity (Wildman–Crippen MR) is 46.1 cm³/mol. The van der Waals surface area contributed by atoms with E-state index in [9.17, 15) is 0 Å². The molecule has 1 aliphatic heterocycles. The molecule has 0 aromatic heterocycles. The second-order valence-corrected chi connectivity index (χ2v) is 3.13. The van der Waals surface area contributed by atoms with E-state index in [1.807, 2.05) is 0 Å². The fourth-order valence-electron chi connectivity index (χ4n) is 1.53. The van der Waals surface area contributed by atoms with Crippen LogP contribution in [0, 0.1) is 0 Å². The minimum absolute atomic E-state index is 0.0783. The van der Waals surface area contributed by atoms with E-state index in [0.717, 1.165) is 0 Å². The van der Waals surface area contributed by atoms with Crippen molar-refractivity contribution in [2.24, 2.45) is 5.73 Å². The molecule has 1 aliphatic rings. The van der Waals surface area contributed by atoms with Gasteiger partial charge in [-0.1, -0.05) is 0 Å². The monoisotopic (exact) mass is 191 g/mol. The van der Waals surface area contributed by atoms with Crippen LogP contribution in [0.1, 0.15) is 6.42 Å². The maximum Gasteiger partial charge on any atom is 0.172 e. The first-order chi connectivity index (χ1) is 6.22. The van der Waals surface area contributed by atoms with Gasteiger partial charge < -0.3 is 25.1 Å². The molecule has 0 bridgehead atoms. The van der Waals surface area contributed by atoms with Crippen LogP contribution in [0.25, 0.3) is 0 Å². The average Bonchev–Trinajstić information content (AvgIpc) is 2.17. The van der Waals surface area contributed by atoms with Gasteiger partial charge in [0, 0.05) is 14.2 Å². The summed E-state index contributed by atoms with van der Waals surface area (Å²) in [4.78, 5) is 0. The molecule has 5 nitrogen and oxygen atoms in total. The Kier molecular flexibility index (Phi) is 4.08. The third-order valence-electron chi connectivity index (χ3n) is 2.29. The summed E-state index contributed by atoms with van der Waals surface area (Å²) in [5, 5.41) is 8.99. The minimum Gasteiger partial charge on any atom is -0.394 e. The van der Waals surface area contributed by atoms with Crippen molar-refractivity contribution < 1.29 is 19.3 Å². The van der Waals surface area contributed by atoms with Crippen molar-refractivity contribution in [2.75, 3.05) is 20.8 Å². The van der Waals surface area contributed by atoms with Crippen molar-refractivity contribution >= 4 is 0 Å². The van der Waals surface area contributed by atoms with Crippen LogP contribution in [-0.2, 0) is 14.2 Å². The van der Waals surface area contributed by atoms with Crippen LogP contribution in [0.5, 0.6) is 0 Å². The molecule has 0 amide bonds. The Morgan fingerprint density at radius 2 is 2.15 bits per heavy atom. The van der Waals surface area contributed by atoms with Gasteiger partial charge in [0.25, 0.3) is 0 Å². The van der Waals surface area contributed by atoms with Gasteiger partial charge in [0.05, 0.1) is 18.8 Å². The molecule has 4 atom stereocenters. The highest BCUT2D eigenvalue weighted by Gasteiger charge is 2.36. The molecule has 4 unspecified atom stereocenters. The van der Waals surface area contributed by atoms with Gasteiger partial charge in [0.1, 0.15) is 6.10 Å². The summed E-state index contributed by atoms with van der Waals surface area (Å²) in [6.07, 6.45) is -0.287. The predicted octanol–water partition coefficient (Wildman–Crippen LogP) is -0.918. The van der Waals surface area contributed by atoms with E-state index in [4.69, 9.17) is 25.1 Å². The Bertz CT molecular complexity index is 155. The lowest BCUT2D eigenvalue weighted by Crippen LogP contribution is -2.53. The van der Waals surface area contributed by atoms with Crippen molar-refractivity contribution in [2.45, 2.75) is 31.0 Å². The molecule has 0 aliphatic carbocycles. The van der Waals surface area contributed by atoms with Crippen molar-refractivity contribution in [3.63, 3.8) is 0 Å². The first kappa shape index (κ1) is 10.9. The van der Waals surface area contributed by atoms with Crippen LogP contribution in [0.3, 0.4) is 0 Å². The lowest BCUT2D eigenvalue weighted by molar-refractivity contribution is -0.232. The van der Waals surface area contributed by atoms with E-state index in [2.05, 4.69) is 0 Å². The normalized spacial score (nSPS) is 40.6. The molecule has 1 saturated heterocycles. The summed E-state index contributed by atoms with van der Waals surface area (Å²) >= 11 is 0. The largest absolute Gasteiger partial charge is 0.394 e. The topological polar surface area (TPSA) is 73.9 Å². The third kappa shape index (κ3) is 2.38. The maximum absolute atomic E-state index is 8.99. The molecular formula is C8H17NO4. The zero-order chi connectivity index (χ0) is 9.84. The van der Waals surface area contributed by atoms with Crippen LogP contribution < -0.4 is 5.73 Å². The second-order valence-electron chi connectivity index (χ2n) is 3.13. The summed E-state index contributed by atoms with van der Waals surface area (Å²) in [6, 6.07) is -0.197. The molecule has 0 radical (unpaired) electrons. The molecule has 0 aromatic rings.